The van der Waals surface area contributed by atoms with Crippen LogP contribution in [0.5, 0.6) is 0 Å². The lowest BCUT2D eigenvalue weighted by molar-refractivity contribution is 0.180. The Morgan fingerprint density at radius 2 is 1.45 bits per heavy atom. The van der Waals surface area contributed by atoms with E-state index in [4.69, 9.17) is 0 Å². The van der Waals surface area contributed by atoms with E-state index in [9.17, 15) is 5.11 Å². The number of nitrogens with one attached hydrogen (secondary N) is 1. The maximum Gasteiger partial charge on any atom is 0.0512 e. The highest BCUT2D eigenvalue weighted by molar-refractivity contribution is 5.59. The highest BCUT2D eigenvalue weighted by atomic mass is 16.3. The molecule has 2 aromatic carbocycles. The monoisotopic (exact) mass is 297 g/mol. The van der Waals surface area contributed by atoms with Gasteiger partial charge < -0.3 is 10.4 Å². The van der Waals surface area contributed by atoms with Crippen molar-refractivity contribution in [3.05, 3.63) is 60.2 Å². The molecule has 0 heterocycles. The van der Waals surface area contributed by atoms with Crippen molar-refractivity contribution in [3.63, 3.8) is 0 Å². The Balaban J connectivity index is 1.68. The van der Waals surface area contributed by atoms with Crippen molar-refractivity contribution < 1.29 is 5.11 Å². The van der Waals surface area contributed by atoms with Crippen LogP contribution in [0.4, 0.5) is 11.4 Å². The van der Waals surface area contributed by atoms with E-state index < -0.39 is 0 Å². The summed E-state index contributed by atoms with van der Waals surface area (Å²) in [5.41, 5.74) is 3.65. The highest BCUT2D eigenvalue weighted by Gasteiger charge is 1.98. The molecule has 118 valence electrons. The van der Waals surface area contributed by atoms with Crippen LogP contribution >= 0.6 is 0 Å². The molecule has 0 aliphatic heterocycles. The van der Waals surface area contributed by atoms with E-state index in [1.54, 1.807) is 0 Å². The lowest BCUT2D eigenvalue weighted by Gasteiger charge is -2.08. The fourth-order valence-electron chi connectivity index (χ4n) is 2.57. The number of hydrogen-bond acceptors (Lipinski definition) is 2. The number of aliphatic hydroxyl groups excluding tert-OH is 1. The molecule has 22 heavy (non-hydrogen) atoms. The van der Waals surface area contributed by atoms with E-state index in [1.807, 2.05) is 25.1 Å². The summed E-state index contributed by atoms with van der Waals surface area (Å²) in [6.45, 7) is 1.87. The first kappa shape index (κ1) is 16.6. The molecule has 1 atom stereocenters. The number of hydrogen-bond donors (Lipinski definition) is 2. The molecule has 2 nitrogen and oxygen atoms in total. The van der Waals surface area contributed by atoms with Crippen molar-refractivity contribution in [2.75, 3.05) is 5.32 Å². The largest absolute Gasteiger partial charge is 0.393 e. The van der Waals surface area contributed by atoms with Gasteiger partial charge in [-0.05, 0) is 56.0 Å². The van der Waals surface area contributed by atoms with E-state index in [2.05, 4.69) is 41.7 Å². The summed E-state index contributed by atoms with van der Waals surface area (Å²) >= 11 is 0. The molecule has 2 aromatic rings. The minimum absolute atomic E-state index is 0.148. The number of benzene rings is 2. The average Bonchev–Trinajstić information content (AvgIpc) is 2.53. The number of rotatable bonds is 9. The Morgan fingerprint density at radius 3 is 2.14 bits per heavy atom. The van der Waals surface area contributed by atoms with Crippen molar-refractivity contribution in [3.8, 4) is 0 Å². The normalized spacial score (nSPS) is 12.1. The first-order valence-electron chi connectivity index (χ1n) is 8.33. The Bertz CT molecular complexity index is 519. The summed E-state index contributed by atoms with van der Waals surface area (Å²) < 4.78 is 0. The molecule has 0 amide bonds. The van der Waals surface area contributed by atoms with Gasteiger partial charge in [0, 0.05) is 11.4 Å². The lowest BCUT2D eigenvalue weighted by Crippen LogP contribution is -1.98. The van der Waals surface area contributed by atoms with E-state index in [-0.39, 0.29) is 6.10 Å². The summed E-state index contributed by atoms with van der Waals surface area (Å²) in [7, 11) is 0. The molecule has 0 aromatic heterocycles. The molecule has 1 unspecified atom stereocenters. The van der Waals surface area contributed by atoms with Crippen LogP contribution in [0.1, 0.15) is 44.6 Å². The number of aryl methyl sites for hydroxylation is 1. The Hall–Kier alpha value is -1.80. The van der Waals surface area contributed by atoms with Crippen LogP contribution in [0.3, 0.4) is 0 Å². The molecular weight excluding hydrogens is 270 g/mol. The van der Waals surface area contributed by atoms with Gasteiger partial charge in [0.15, 0.2) is 0 Å². The smallest absolute Gasteiger partial charge is 0.0512 e. The van der Waals surface area contributed by atoms with Crippen LogP contribution in [-0.2, 0) is 6.42 Å². The van der Waals surface area contributed by atoms with Gasteiger partial charge in [-0.1, -0.05) is 49.6 Å². The van der Waals surface area contributed by atoms with E-state index in [0.29, 0.717) is 0 Å². The van der Waals surface area contributed by atoms with E-state index in [0.717, 1.165) is 30.6 Å². The van der Waals surface area contributed by atoms with Crippen LogP contribution < -0.4 is 5.32 Å². The van der Waals surface area contributed by atoms with Crippen molar-refractivity contribution in [2.45, 2.75) is 51.6 Å². The SMILES string of the molecule is CC(O)CCCCCCc1ccc(Nc2ccccc2)cc1. The molecule has 0 aliphatic rings. The minimum Gasteiger partial charge on any atom is -0.393 e. The van der Waals surface area contributed by atoms with Gasteiger partial charge in [-0.3, -0.25) is 0 Å². The molecular formula is C20H27NO. The van der Waals surface area contributed by atoms with Gasteiger partial charge >= 0.3 is 0 Å². The zero-order valence-corrected chi connectivity index (χ0v) is 13.5. The first-order chi connectivity index (χ1) is 10.7. The van der Waals surface area contributed by atoms with E-state index >= 15 is 0 Å². The van der Waals surface area contributed by atoms with Crippen LogP contribution in [0.15, 0.2) is 54.6 Å². The molecule has 0 saturated heterocycles. The van der Waals surface area contributed by atoms with Crippen LogP contribution in [-0.4, -0.2) is 11.2 Å². The van der Waals surface area contributed by atoms with Gasteiger partial charge in [0.25, 0.3) is 0 Å². The number of aliphatic hydroxyl groups is 1. The summed E-state index contributed by atoms with van der Waals surface area (Å²) in [5.74, 6) is 0. The second-order valence-corrected chi connectivity index (χ2v) is 5.99. The second-order valence-electron chi connectivity index (χ2n) is 5.99. The highest BCUT2D eigenvalue weighted by Crippen LogP contribution is 2.18. The van der Waals surface area contributed by atoms with E-state index in [1.165, 1.54) is 24.8 Å². The van der Waals surface area contributed by atoms with Gasteiger partial charge in [-0.2, -0.15) is 0 Å². The van der Waals surface area contributed by atoms with Crippen LogP contribution in [0.25, 0.3) is 0 Å². The zero-order chi connectivity index (χ0) is 15.6. The molecule has 0 bridgehead atoms. The molecule has 2 rings (SSSR count). The van der Waals surface area contributed by atoms with Gasteiger partial charge in [-0.25, -0.2) is 0 Å². The summed E-state index contributed by atoms with van der Waals surface area (Å²) in [6, 6.07) is 19.0. The summed E-state index contributed by atoms with van der Waals surface area (Å²) in [6.07, 6.45) is 6.75. The molecule has 0 spiro atoms. The third-order valence-electron chi connectivity index (χ3n) is 3.85. The van der Waals surface area contributed by atoms with Gasteiger partial charge in [0.2, 0.25) is 0 Å². The summed E-state index contributed by atoms with van der Waals surface area (Å²) in [5, 5.41) is 12.6. The third kappa shape index (κ3) is 6.31. The lowest BCUT2D eigenvalue weighted by atomic mass is 10.0. The van der Waals surface area contributed by atoms with Gasteiger partial charge in [-0.15, -0.1) is 0 Å². The third-order valence-corrected chi connectivity index (χ3v) is 3.85. The topological polar surface area (TPSA) is 32.3 Å². The number of anilines is 2. The van der Waals surface area contributed by atoms with Crippen molar-refractivity contribution in [2.24, 2.45) is 0 Å². The number of unbranched alkanes of at least 4 members (excludes halogenated alkanes) is 3. The molecule has 2 heteroatoms. The van der Waals surface area contributed by atoms with Crippen LogP contribution in [0.2, 0.25) is 0 Å². The van der Waals surface area contributed by atoms with Gasteiger partial charge in [0.05, 0.1) is 6.10 Å². The first-order valence-corrected chi connectivity index (χ1v) is 8.33. The Kier molecular flexibility index (Phi) is 6.98. The quantitative estimate of drug-likeness (QED) is 0.615. The molecule has 0 aliphatic carbocycles. The predicted octanol–water partition coefficient (Wildman–Crippen LogP) is 5.30. The van der Waals surface area contributed by atoms with Crippen molar-refractivity contribution in [1.82, 2.24) is 0 Å². The zero-order valence-electron chi connectivity index (χ0n) is 13.5. The second kappa shape index (κ2) is 9.26. The Morgan fingerprint density at radius 1 is 0.818 bits per heavy atom. The fourth-order valence-corrected chi connectivity index (χ4v) is 2.57. The van der Waals surface area contributed by atoms with Crippen molar-refractivity contribution in [1.29, 1.82) is 0 Å². The number of para-hydroxylation sites is 1. The Labute approximate surface area is 134 Å². The standard InChI is InChI=1S/C20H27NO/c1-17(22)9-5-2-3-6-10-18-13-15-20(16-14-18)21-19-11-7-4-8-12-19/h4,7-8,11-17,21-22H,2-3,5-6,9-10H2,1H3. The summed E-state index contributed by atoms with van der Waals surface area (Å²) in [4.78, 5) is 0. The molecule has 0 radical (unpaired) electrons. The molecule has 2 N–H and O–H groups in total. The van der Waals surface area contributed by atoms with Crippen molar-refractivity contribution >= 4 is 11.4 Å². The molecule has 0 fully saturated rings. The van der Waals surface area contributed by atoms with Crippen LogP contribution in [0, 0.1) is 0 Å². The minimum atomic E-state index is -0.148. The maximum absolute atomic E-state index is 9.21. The predicted molar refractivity (Wildman–Crippen MR) is 94.6 cm³/mol. The van der Waals surface area contributed by atoms with Gasteiger partial charge in [0.1, 0.15) is 0 Å². The average molecular weight is 297 g/mol. The maximum atomic E-state index is 9.21. The molecule has 0 saturated carbocycles. The fraction of sp³-hybridized carbons (Fsp3) is 0.400.